The van der Waals surface area contributed by atoms with Crippen LogP contribution in [0.2, 0.25) is 5.02 Å². The molecule has 1 aliphatic rings. The van der Waals surface area contributed by atoms with Gasteiger partial charge in [0.25, 0.3) is 0 Å². The van der Waals surface area contributed by atoms with Crippen LogP contribution in [0.5, 0.6) is 5.75 Å². The number of hydrogen-bond donors (Lipinski definition) is 1. The van der Waals surface area contributed by atoms with Gasteiger partial charge in [0.2, 0.25) is 5.95 Å². The number of hydrogen-bond acceptors (Lipinski definition) is 9. The number of aromatic nitrogens is 4. The van der Waals surface area contributed by atoms with Gasteiger partial charge >= 0.3 is 0 Å². The molecule has 0 amide bonds. The predicted octanol–water partition coefficient (Wildman–Crippen LogP) is 5.57. The van der Waals surface area contributed by atoms with Crippen molar-refractivity contribution in [1.82, 2.24) is 25.1 Å². The van der Waals surface area contributed by atoms with Gasteiger partial charge in [-0.1, -0.05) is 30.7 Å². The molecule has 1 aliphatic carbocycles. The molecule has 4 aromatic rings. The minimum atomic E-state index is -3.72. The molecule has 0 unspecified atom stereocenters. The van der Waals surface area contributed by atoms with Crippen LogP contribution in [0, 0.1) is 0 Å². The summed E-state index contributed by atoms with van der Waals surface area (Å²) in [6.07, 6.45) is 7.11. The molecule has 0 radical (unpaired) electrons. The molecule has 0 spiro atoms. The first kappa shape index (κ1) is 29.2. The van der Waals surface area contributed by atoms with Crippen LogP contribution < -0.4 is 10.1 Å². The zero-order valence-electron chi connectivity index (χ0n) is 23.8. The number of aryl methyl sites for hydroxylation is 1. The van der Waals surface area contributed by atoms with Crippen LogP contribution in [-0.4, -0.2) is 66.8 Å². The van der Waals surface area contributed by atoms with Crippen LogP contribution in [0.15, 0.2) is 53.6 Å². The molecular formula is C30H35ClN6O3S. The van der Waals surface area contributed by atoms with E-state index in [-0.39, 0.29) is 21.4 Å². The Balaban J connectivity index is 1.40. The third kappa shape index (κ3) is 6.45. The number of benzene rings is 2. The summed E-state index contributed by atoms with van der Waals surface area (Å²) in [5.41, 5.74) is 3.52. The quantitative estimate of drug-likeness (QED) is 0.266. The van der Waals surface area contributed by atoms with Gasteiger partial charge in [-0.25, -0.2) is 18.4 Å². The van der Waals surface area contributed by atoms with Crippen molar-refractivity contribution in [1.29, 1.82) is 0 Å². The minimum absolute atomic E-state index is 0.0590. The molecule has 216 valence electrons. The Morgan fingerprint density at radius 2 is 1.83 bits per heavy atom. The molecule has 41 heavy (non-hydrogen) atoms. The summed E-state index contributed by atoms with van der Waals surface area (Å²) in [4.78, 5) is 11.9. The third-order valence-electron chi connectivity index (χ3n) is 7.72. The fraction of sp³-hybridized carbons (Fsp3) is 0.400. The zero-order valence-corrected chi connectivity index (χ0v) is 25.3. The van der Waals surface area contributed by atoms with Gasteiger partial charge in [0, 0.05) is 35.3 Å². The average molecular weight is 595 g/mol. The van der Waals surface area contributed by atoms with Gasteiger partial charge < -0.3 is 15.0 Å². The van der Waals surface area contributed by atoms with E-state index < -0.39 is 9.84 Å². The molecule has 9 nitrogen and oxygen atoms in total. The smallest absolute Gasteiger partial charge is 0.223 e. The Bertz CT molecular complexity index is 1660. The molecule has 11 heteroatoms. The van der Waals surface area contributed by atoms with Gasteiger partial charge in [-0.2, -0.15) is 5.10 Å². The van der Waals surface area contributed by atoms with E-state index in [0.29, 0.717) is 29.5 Å². The molecule has 5 rings (SSSR count). The van der Waals surface area contributed by atoms with Gasteiger partial charge in [0.05, 0.1) is 34.0 Å². The van der Waals surface area contributed by atoms with Gasteiger partial charge in [0.1, 0.15) is 11.4 Å². The van der Waals surface area contributed by atoms with E-state index in [9.17, 15) is 8.42 Å². The highest BCUT2D eigenvalue weighted by Gasteiger charge is 2.24. The van der Waals surface area contributed by atoms with E-state index >= 15 is 0 Å². The number of anilines is 1. The van der Waals surface area contributed by atoms with Crippen molar-refractivity contribution in [2.45, 2.75) is 61.8 Å². The third-order valence-corrected chi connectivity index (χ3v) is 9.86. The zero-order chi connectivity index (χ0) is 29.1. The monoisotopic (exact) mass is 594 g/mol. The molecule has 1 saturated carbocycles. The Hall–Kier alpha value is -3.34. The maximum Gasteiger partial charge on any atom is 0.223 e. The second-order valence-corrected chi connectivity index (χ2v) is 13.0. The maximum absolute atomic E-state index is 13.0. The van der Waals surface area contributed by atoms with Gasteiger partial charge in [-0.3, -0.25) is 0 Å². The van der Waals surface area contributed by atoms with E-state index in [2.05, 4.69) is 46.4 Å². The highest BCUT2D eigenvalue weighted by Crippen LogP contribution is 2.33. The summed E-state index contributed by atoms with van der Waals surface area (Å²) in [6.45, 7) is 2.09. The van der Waals surface area contributed by atoms with Crippen LogP contribution in [0.25, 0.3) is 22.2 Å². The second-order valence-electron chi connectivity index (χ2n) is 10.7. The number of nitrogens with one attached hydrogen (secondary N) is 1. The summed E-state index contributed by atoms with van der Waals surface area (Å²) in [5, 5.41) is 13.2. The Labute approximate surface area is 246 Å². The SMILES string of the molecule is CCc1cc(-c2nnc(CS(=O)(=O)c3ccccc3Cl)cc2OC)cc2cnc(NC3CCC(N(C)C)CC3)nc12. The van der Waals surface area contributed by atoms with Crippen molar-refractivity contribution in [3.63, 3.8) is 0 Å². The summed E-state index contributed by atoms with van der Waals surface area (Å²) < 4.78 is 31.6. The standard InChI is InChI=1S/C30H35ClN6O3S/c1-5-19-14-20(15-21-17-32-30(34-28(19)21)33-22-10-12-24(13-11-22)37(2)3)29-26(40-4)16-23(35-36-29)18-41(38,39)27-9-7-6-8-25(27)31/h6-9,14-17,22,24H,5,10-13,18H2,1-4H3,(H,32,33,34). The molecular weight excluding hydrogens is 560 g/mol. The Kier molecular flexibility index (Phi) is 8.72. The van der Waals surface area contributed by atoms with E-state index in [1.165, 1.54) is 13.2 Å². The van der Waals surface area contributed by atoms with E-state index in [1.807, 2.05) is 18.3 Å². The number of rotatable bonds is 9. The molecule has 0 atom stereocenters. The molecule has 0 saturated heterocycles. The first-order valence-electron chi connectivity index (χ1n) is 13.8. The maximum atomic E-state index is 13.0. The van der Waals surface area contributed by atoms with Gasteiger partial charge in [-0.15, -0.1) is 5.10 Å². The van der Waals surface area contributed by atoms with Crippen LogP contribution in [0.1, 0.15) is 43.9 Å². The minimum Gasteiger partial charge on any atom is -0.494 e. The van der Waals surface area contributed by atoms with E-state index in [4.69, 9.17) is 21.3 Å². The normalized spacial score (nSPS) is 17.6. The number of fused-ring (bicyclic) bond motifs is 1. The predicted molar refractivity (Wildman–Crippen MR) is 162 cm³/mol. The van der Waals surface area contributed by atoms with Crippen molar-refractivity contribution in [2.75, 3.05) is 26.5 Å². The van der Waals surface area contributed by atoms with Crippen LogP contribution in [0.4, 0.5) is 5.95 Å². The number of ether oxygens (including phenoxy) is 1. The number of sulfone groups is 1. The fourth-order valence-electron chi connectivity index (χ4n) is 5.42. The second kappa shape index (κ2) is 12.3. The lowest BCUT2D eigenvalue weighted by molar-refractivity contribution is 0.221. The lowest BCUT2D eigenvalue weighted by Crippen LogP contribution is -2.36. The summed E-state index contributed by atoms with van der Waals surface area (Å²) in [5.74, 6) is 0.728. The van der Waals surface area contributed by atoms with Crippen molar-refractivity contribution in [2.24, 2.45) is 0 Å². The first-order chi connectivity index (χ1) is 19.7. The Morgan fingerprint density at radius 3 is 2.51 bits per heavy atom. The lowest BCUT2D eigenvalue weighted by Gasteiger charge is -2.32. The highest BCUT2D eigenvalue weighted by atomic mass is 35.5. The first-order valence-corrected chi connectivity index (χ1v) is 15.8. The van der Waals surface area contributed by atoms with Crippen molar-refractivity contribution in [3.8, 4) is 17.0 Å². The molecule has 2 aromatic heterocycles. The molecule has 2 heterocycles. The van der Waals surface area contributed by atoms with Crippen LogP contribution >= 0.6 is 11.6 Å². The highest BCUT2D eigenvalue weighted by molar-refractivity contribution is 7.90. The molecule has 2 aromatic carbocycles. The molecule has 1 fully saturated rings. The largest absolute Gasteiger partial charge is 0.494 e. The van der Waals surface area contributed by atoms with Crippen molar-refractivity contribution < 1.29 is 13.2 Å². The van der Waals surface area contributed by atoms with Crippen LogP contribution in [-0.2, 0) is 22.0 Å². The summed E-state index contributed by atoms with van der Waals surface area (Å²) in [7, 11) is 2.10. The number of halogens is 1. The van der Waals surface area contributed by atoms with E-state index in [0.717, 1.165) is 54.1 Å². The fourth-order valence-corrected chi connectivity index (χ4v) is 7.25. The topological polar surface area (TPSA) is 110 Å². The van der Waals surface area contributed by atoms with Crippen LogP contribution in [0.3, 0.4) is 0 Å². The average Bonchev–Trinajstić information content (AvgIpc) is 2.96. The molecule has 0 bridgehead atoms. The number of nitrogens with zero attached hydrogens (tertiary/aromatic N) is 5. The Morgan fingerprint density at radius 1 is 1.07 bits per heavy atom. The van der Waals surface area contributed by atoms with E-state index in [1.54, 1.807) is 24.3 Å². The van der Waals surface area contributed by atoms with Gasteiger partial charge in [-0.05, 0) is 76.0 Å². The molecule has 1 N–H and O–H groups in total. The lowest BCUT2D eigenvalue weighted by atomic mass is 9.90. The molecule has 0 aliphatic heterocycles. The van der Waals surface area contributed by atoms with Gasteiger partial charge in [0.15, 0.2) is 9.84 Å². The summed E-state index contributed by atoms with van der Waals surface area (Å²) >= 11 is 6.13. The van der Waals surface area contributed by atoms with Crippen molar-refractivity contribution >= 4 is 38.3 Å². The summed E-state index contributed by atoms with van der Waals surface area (Å²) in [6, 6.07) is 13.0. The number of methoxy groups -OCH3 is 1. The van der Waals surface area contributed by atoms with Crippen molar-refractivity contribution in [3.05, 3.63) is 64.9 Å².